The fourth-order valence-corrected chi connectivity index (χ4v) is 5.01. The number of amidine groups is 1. The van der Waals surface area contributed by atoms with E-state index in [4.69, 9.17) is 4.74 Å². The van der Waals surface area contributed by atoms with Gasteiger partial charge in [-0.25, -0.2) is 9.38 Å². The number of halogens is 1. The highest BCUT2D eigenvalue weighted by atomic mass is 32.2. The van der Waals surface area contributed by atoms with Crippen molar-refractivity contribution in [2.45, 2.75) is 24.5 Å². The average molecular weight is 506 g/mol. The molecule has 6 nitrogen and oxygen atoms in total. The first-order valence-electron chi connectivity index (χ1n) is 11.8. The number of methoxy groups -OCH3 is 1. The molecule has 0 bridgehead atoms. The number of aliphatic imine (C=N–C) groups is 1. The highest BCUT2D eigenvalue weighted by Gasteiger charge is 2.38. The highest BCUT2D eigenvalue weighted by Crippen LogP contribution is 2.32. The molecule has 0 saturated carbocycles. The van der Waals surface area contributed by atoms with E-state index in [1.54, 1.807) is 24.1 Å². The lowest BCUT2D eigenvalue weighted by atomic mass is 10.1. The van der Waals surface area contributed by atoms with Gasteiger partial charge < -0.3 is 10.1 Å². The second-order valence-electron chi connectivity index (χ2n) is 8.35. The Labute approximate surface area is 214 Å². The number of carbonyl (C=O) groups is 2. The summed E-state index contributed by atoms with van der Waals surface area (Å²) in [5.74, 6) is 0.0986. The van der Waals surface area contributed by atoms with Crippen molar-refractivity contribution in [3.63, 3.8) is 0 Å². The van der Waals surface area contributed by atoms with Crippen molar-refractivity contribution in [1.82, 2.24) is 10.2 Å². The van der Waals surface area contributed by atoms with E-state index >= 15 is 0 Å². The molecule has 1 heterocycles. The van der Waals surface area contributed by atoms with Gasteiger partial charge in [0.15, 0.2) is 5.17 Å². The van der Waals surface area contributed by atoms with E-state index < -0.39 is 5.25 Å². The van der Waals surface area contributed by atoms with Crippen molar-refractivity contribution in [1.29, 1.82) is 0 Å². The van der Waals surface area contributed by atoms with E-state index in [2.05, 4.69) is 10.3 Å². The molecule has 8 heteroatoms. The van der Waals surface area contributed by atoms with Crippen molar-refractivity contribution in [2.75, 3.05) is 20.2 Å². The van der Waals surface area contributed by atoms with Crippen LogP contribution in [0, 0.1) is 5.82 Å². The summed E-state index contributed by atoms with van der Waals surface area (Å²) in [6.07, 6.45) is 1.41. The fourth-order valence-electron chi connectivity index (χ4n) is 3.82. The van der Waals surface area contributed by atoms with Crippen molar-refractivity contribution < 1.29 is 18.7 Å². The molecule has 0 aliphatic carbocycles. The monoisotopic (exact) mass is 505 g/mol. The molecule has 1 fully saturated rings. The summed E-state index contributed by atoms with van der Waals surface area (Å²) in [6.45, 7) is 0.927. The maximum atomic E-state index is 13.3. The Morgan fingerprint density at radius 2 is 1.69 bits per heavy atom. The Morgan fingerprint density at radius 3 is 2.39 bits per heavy atom. The van der Waals surface area contributed by atoms with E-state index in [9.17, 15) is 14.0 Å². The lowest BCUT2D eigenvalue weighted by Gasteiger charge is -2.16. The first-order valence-corrected chi connectivity index (χ1v) is 12.7. The fraction of sp³-hybridized carbons (Fsp3) is 0.250. The van der Waals surface area contributed by atoms with Gasteiger partial charge in [-0.1, -0.05) is 54.2 Å². The first-order chi connectivity index (χ1) is 17.5. The van der Waals surface area contributed by atoms with Gasteiger partial charge in [0.05, 0.1) is 12.8 Å². The molecule has 0 aromatic heterocycles. The van der Waals surface area contributed by atoms with E-state index in [0.29, 0.717) is 30.4 Å². The second-order valence-corrected chi connectivity index (χ2v) is 9.52. The SMILES string of the molecule is COc1ccc(CCN2C(=O)[C@@H](CC(=O)NCCc3ccccc3)SC2=Nc2ccc(F)cc2)cc1. The zero-order valence-corrected chi connectivity index (χ0v) is 20.8. The van der Waals surface area contributed by atoms with E-state index in [0.717, 1.165) is 23.3 Å². The predicted octanol–water partition coefficient (Wildman–Crippen LogP) is 4.76. The molecule has 1 N–H and O–H groups in total. The Hall–Kier alpha value is -3.65. The summed E-state index contributed by atoms with van der Waals surface area (Å²) < 4.78 is 18.6. The molecule has 1 saturated heterocycles. The van der Waals surface area contributed by atoms with Gasteiger partial charge in [-0.3, -0.25) is 14.5 Å². The minimum Gasteiger partial charge on any atom is -0.497 e. The molecule has 1 aliphatic rings. The van der Waals surface area contributed by atoms with Gasteiger partial charge in [0.2, 0.25) is 11.8 Å². The van der Waals surface area contributed by atoms with Crippen molar-refractivity contribution in [3.8, 4) is 5.75 Å². The lowest BCUT2D eigenvalue weighted by Crippen LogP contribution is -2.36. The number of nitrogens with zero attached hydrogens (tertiary/aromatic N) is 2. The van der Waals surface area contributed by atoms with Crippen LogP contribution >= 0.6 is 11.8 Å². The maximum Gasteiger partial charge on any atom is 0.242 e. The van der Waals surface area contributed by atoms with Crippen molar-refractivity contribution >= 4 is 34.4 Å². The highest BCUT2D eigenvalue weighted by molar-refractivity contribution is 8.15. The Kier molecular flexibility index (Phi) is 8.73. The third kappa shape index (κ3) is 6.95. The number of carbonyl (C=O) groups excluding carboxylic acids is 2. The molecule has 3 aromatic rings. The average Bonchev–Trinajstić information content (AvgIpc) is 3.18. The normalized spacial score (nSPS) is 16.4. The zero-order chi connectivity index (χ0) is 25.3. The molecule has 0 spiro atoms. The summed E-state index contributed by atoms with van der Waals surface area (Å²) in [4.78, 5) is 32.1. The Morgan fingerprint density at radius 1 is 1.00 bits per heavy atom. The molecule has 3 aromatic carbocycles. The number of amides is 2. The van der Waals surface area contributed by atoms with Crippen LogP contribution in [0.25, 0.3) is 0 Å². The smallest absolute Gasteiger partial charge is 0.242 e. The van der Waals surface area contributed by atoms with Gasteiger partial charge in [-0.05, 0) is 60.4 Å². The van der Waals surface area contributed by atoms with Gasteiger partial charge >= 0.3 is 0 Å². The molecule has 0 radical (unpaired) electrons. The molecular weight excluding hydrogens is 477 g/mol. The number of hydrogen-bond acceptors (Lipinski definition) is 5. The number of hydrogen-bond donors (Lipinski definition) is 1. The van der Waals surface area contributed by atoms with Crippen LogP contribution in [0.3, 0.4) is 0 Å². The van der Waals surface area contributed by atoms with Gasteiger partial charge in [-0.15, -0.1) is 0 Å². The second kappa shape index (κ2) is 12.4. The summed E-state index contributed by atoms with van der Waals surface area (Å²) in [5.41, 5.74) is 2.74. The molecule has 0 unspecified atom stereocenters. The van der Waals surface area contributed by atoms with Crippen molar-refractivity contribution in [3.05, 3.63) is 95.8 Å². The molecule has 1 aliphatic heterocycles. The van der Waals surface area contributed by atoms with Crippen LogP contribution in [0.4, 0.5) is 10.1 Å². The third-order valence-electron chi connectivity index (χ3n) is 5.80. The van der Waals surface area contributed by atoms with E-state index in [-0.39, 0.29) is 24.1 Å². The molecule has 36 heavy (non-hydrogen) atoms. The van der Waals surface area contributed by atoms with Crippen LogP contribution in [-0.4, -0.2) is 47.3 Å². The molecule has 4 rings (SSSR count). The number of benzene rings is 3. The maximum absolute atomic E-state index is 13.3. The third-order valence-corrected chi connectivity index (χ3v) is 6.98. The Balaban J connectivity index is 1.41. The van der Waals surface area contributed by atoms with Gasteiger partial charge in [0, 0.05) is 19.5 Å². The van der Waals surface area contributed by atoms with Crippen LogP contribution in [-0.2, 0) is 22.4 Å². The minimum atomic E-state index is -0.559. The van der Waals surface area contributed by atoms with Crippen LogP contribution in [0.1, 0.15) is 17.5 Å². The number of thioether (sulfide) groups is 1. The van der Waals surface area contributed by atoms with Gasteiger partial charge in [-0.2, -0.15) is 0 Å². The van der Waals surface area contributed by atoms with Crippen LogP contribution < -0.4 is 10.1 Å². The summed E-state index contributed by atoms with van der Waals surface area (Å²) in [5, 5.41) is 2.87. The molecule has 2 amide bonds. The number of nitrogens with one attached hydrogen (secondary N) is 1. The standard InChI is InChI=1S/C28H28FN3O3S/c1-35-24-13-7-21(8-14-24)16-18-32-27(34)25(36-28(32)31-23-11-9-22(29)10-12-23)19-26(33)30-17-15-20-5-3-2-4-6-20/h2-14,25H,15-19H2,1H3,(H,30,33)/t25-/m1/s1. The number of rotatable bonds is 10. The largest absolute Gasteiger partial charge is 0.497 e. The lowest BCUT2D eigenvalue weighted by molar-refractivity contribution is -0.129. The zero-order valence-electron chi connectivity index (χ0n) is 20.0. The van der Waals surface area contributed by atoms with Gasteiger partial charge in [0.25, 0.3) is 0 Å². The van der Waals surface area contributed by atoms with Crippen LogP contribution in [0.2, 0.25) is 0 Å². The summed E-state index contributed by atoms with van der Waals surface area (Å²) in [6, 6.07) is 23.4. The van der Waals surface area contributed by atoms with E-state index in [1.807, 2.05) is 54.6 Å². The molecule has 1 atom stereocenters. The minimum absolute atomic E-state index is 0.0692. The van der Waals surface area contributed by atoms with Gasteiger partial charge in [0.1, 0.15) is 16.8 Å². The van der Waals surface area contributed by atoms with Crippen LogP contribution in [0.15, 0.2) is 83.9 Å². The first kappa shape index (κ1) is 25.4. The topological polar surface area (TPSA) is 71.0 Å². The van der Waals surface area contributed by atoms with Crippen molar-refractivity contribution in [2.24, 2.45) is 4.99 Å². The molecule has 186 valence electrons. The predicted molar refractivity (Wildman–Crippen MR) is 141 cm³/mol. The summed E-state index contributed by atoms with van der Waals surface area (Å²) in [7, 11) is 1.62. The number of ether oxygens (including phenoxy) is 1. The quantitative estimate of drug-likeness (QED) is 0.431. The summed E-state index contributed by atoms with van der Waals surface area (Å²) >= 11 is 1.28. The molecular formula is C28H28FN3O3S. The van der Waals surface area contributed by atoms with E-state index in [1.165, 1.54) is 23.9 Å². The van der Waals surface area contributed by atoms with Crippen LogP contribution in [0.5, 0.6) is 5.75 Å². The Bertz CT molecular complexity index is 1200.